The van der Waals surface area contributed by atoms with Gasteiger partial charge in [-0.25, -0.2) is 9.97 Å². The summed E-state index contributed by atoms with van der Waals surface area (Å²) in [6.45, 7) is 7.09. The van der Waals surface area contributed by atoms with Crippen LogP contribution in [-0.2, 0) is 6.18 Å². The molecule has 0 aliphatic rings. The summed E-state index contributed by atoms with van der Waals surface area (Å²) in [7, 11) is 0. The predicted molar refractivity (Wildman–Crippen MR) is 139 cm³/mol. The molecule has 2 aromatic heterocycles. The highest BCUT2D eigenvalue weighted by atomic mass is 19.4. The molecule has 0 saturated heterocycles. The lowest BCUT2D eigenvalue weighted by Crippen LogP contribution is -2.09. The summed E-state index contributed by atoms with van der Waals surface area (Å²) in [5.41, 5.74) is 3.55. The van der Waals surface area contributed by atoms with E-state index in [4.69, 9.17) is 0 Å². The van der Waals surface area contributed by atoms with E-state index in [2.05, 4.69) is 44.7 Å². The standard InChI is InChI=1S/C27H27F3N6/c1-17(2)15-33-24-9-5-8-23-18(3)34-26(36-25(23)24)31-13-12-20-10-11-22(16-32-20)35-21-7-4-6-19(14-21)27(28,29)30/h4-14,16-17,33,35H,15H2,1-3H3,(H,31,34,36)/b13-12+. The van der Waals surface area contributed by atoms with Gasteiger partial charge in [-0.3, -0.25) is 4.98 Å². The Kier molecular flexibility index (Phi) is 7.38. The highest BCUT2D eigenvalue weighted by Crippen LogP contribution is 2.31. The Labute approximate surface area is 207 Å². The summed E-state index contributed by atoms with van der Waals surface area (Å²) >= 11 is 0. The van der Waals surface area contributed by atoms with E-state index in [-0.39, 0.29) is 0 Å². The zero-order valence-electron chi connectivity index (χ0n) is 20.2. The van der Waals surface area contributed by atoms with Gasteiger partial charge >= 0.3 is 6.18 Å². The minimum Gasteiger partial charge on any atom is -0.383 e. The van der Waals surface area contributed by atoms with E-state index >= 15 is 0 Å². The molecule has 0 aliphatic carbocycles. The summed E-state index contributed by atoms with van der Waals surface area (Å²) in [5, 5.41) is 10.5. The topological polar surface area (TPSA) is 74.8 Å². The molecule has 2 heterocycles. The van der Waals surface area contributed by atoms with Gasteiger partial charge in [-0.05, 0) is 55.3 Å². The molecule has 0 atom stereocenters. The normalized spacial score (nSPS) is 11.9. The molecule has 0 spiro atoms. The second kappa shape index (κ2) is 10.6. The fourth-order valence-electron chi connectivity index (χ4n) is 3.55. The number of aryl methyl sites for hydroxylation is 1. The molecule has 9 heteroatoms. The lowest BCUT2D eigenvalue weighted by Gasteiger charge is -2.13. The van der Waals surface area contributed by atoms with Crippen molar-refractivity contribution in [3.8, 4) is 0 Å². The van der Waals surface area contributed by atoms with Crippen molar-refractivity contribution in [2.24, 2.45) is 5.92 Å². The van der Waals surface area contributed by atoms with Crippen LogP contribution >= 0.6 is 0 Å². The first-order valence-corrected chi connectivity index (χ1v) is 11.5. The maximum absolute atomic E-state index is 12.9. The number of pyridine rings is 1. The molecule has 0 aliphatic heterocycles. The van der Waals surface area contributed by atoms with Crippen LogP contribution in [0.15, 0.2) is 67.0 Å². The molecule has 0 unspecified atom stereocenters. The van der Waals surface area contributed by atoms with Crippen molar-refractivity contribution in [1.82, 2.24) is 15.0 Å². The van der Waals surface area contributed by atoms with Crippen LogP contribution in [0.5, 0.6) is 0 Å². The van der Waals surface area contributed by atoms with Crippen molar-refractivity contribution in [2.75, 3.05) is 22.5 Å². The van der Waals surface area contributed by atoms with Crippen molar-refractivity contribution < 1.29 is 13.2 Å². The minimum absolute atomic E-state index is 0.336. The number of halogens is 3. The van der Waals surface area contributed by atoms with E-state index in [1.54, 1.807) is 36.7 Å². The van der Waals surface area contributed by atoms with Crippen LogP contribution in [0.25, 0.3) is 17.0 Å². The maximum Gasteiger partial charge on any atom is 0.416 e. The zero-order valence-corrected chi connectivity index (χ0v) is 20.2. The number of hydrogen-bond donors (Lipinski definition) is 3. The highest BCUT2D eigenvalue weighted by molar-refractivity contribution is 5.92. The van der Waals surface area contributed by atoms with Crippen LogP contribution in [0.3, 0.4) is 0 Å². The quantitative estimate of drug-likeness (QED) is 0.241. The third kappa shape index (κ3) is 6.29. The second-order valence-electron chi connectivity index (χ2n) is 8.76. The van der Waals surface area contributed by atoms with Gasteiger partial charge in [0.2, 0.25) is 5.95 Å². The average Bonchev–Trinajstić information content (AvgIpc) is 2.83. The summed E-state index contributed by atoms with van der Waals surface area (Å²) in [4.78, 5) is 13.6. The molecule has 36 heavy (non-hydrogen) atoms. The number of rotatable bonds is 8. The third-order valence-corrected chi connectivity index (χ3v) is 5.35. The molecule has 2 aromatic carbocycles. The molecule has 0 saturated carbocycles. The number of benzene rings is 2. The monoisotopic (exact) mass is 492 g/mol. The Morgan fingerprint density at radius 3 is 2.50 bits per heavy atom. The molecular formula is C27H27F3N6. The van der Waals surface area contributed by atoms with Crippen molar-refractivity contribution >= 4 is 40.0 Å². The van der Waals surface area contributed by atoms with Crippen LogP contribution in [0, 0.1) is 12.8 Å². The summed E-state index contributed by atoms with van der Waals surface area (Å²) < 4.78 is 38.8. The number of fused-ring (bicyclic) bond motifs is 1. The predicted octanol–water partition coefficient (Wildman–Crippen LogP) is 7.25. The van der Waals surface area contributed by atoms with E-state index < -0.39 is 11.7 Å². The molecule has 3 N–H and O–H groups in total. The summed E-state index contributed by atoms with van der Waals surface area (Å²) in [6, 6.07) is 14.5. The molecule has 4 aromatic rings. The summed E-state index contributed by atoms with van der Waals surface area (Å²) in [6.07, 6.45) is 0.632. The molecule has 6 nitrogen and oxygen atoms in total. The minimum atomic E-state index is -4.39. The number of alkyl halides is 3. The van der Waals surface area contributed by atoms with Crippen LogP contribution in [-0.4, -0.2) is 21.5 Å². The van der Waals surface area contributed by atoms with Crippen molar-refractivity contribution in [3.63, 3.8) is 0 Å². The molecule has 0 amide bonds. The van der Waals surface area contributed by atoms with Crippen molar-refractivity contribution in [1.29, 1.82) is 0 Å². The van der Waals surface area contributed by atoms with Crippen LogP contribution in [0.1, 0.15) is 30.8 Å². The first-order chi connectivity index (χ1) is 17.2. The van der Waals surface area contributed by atoms with Gasteiger partial charge in [0.1, 0.15) is 0 Å². The van der Waals surface area contributed by atoms with Gasteiger partial charge in [0.25, 0.3) is 0 Å². The third-order valence-electron chi connectivity index (χ3n) is 5.35. The lowest BCUT2D eigenvalue weighted by molar-refractivity contribution is -0.137. The fraction of sp³-hybridized carbons (Fsp3) is 0.222. The van der Waals surface area contributed by atoms with Crippen molar-refractivity contribution in [3.05, 3.63) is 83.9 Å². The first-order valence-electron chi connectivity index (χ1n) is 11.5. The van der Waals surface area contributed by atoms with Gasteiger partial charge in [0.05, 0.1) is 40.0 Å². The van der Waals surface area contributed by atoms with Crippen LogP contribution in [0.4, 0.5) is 36.2 Å². The number of para-hydroxylation sites is 1. The van der Waals surface area contributed by atoms with Crippen molar-refractivity contribution in [2.45, 2.75) is 26.9 Å². The average molecular weight is 493 g/mol. The van der Waals surface area contributed by atoms with E-state index in [1.807, 2.05) is 25.1 Å². The number of nitrogens with one attached hydrogen (secondary N) is 3. The van der Waals surface area contributed by atoms with Crippen LogP contribution in [0.2, 0.25) is 0 Å². The molecule has 0 fully saturated rings. The zero-order chi connectivity index (χ0) is 25.7. The van der Waals surface area contributed by atoms with E-state index in [9.17, 15) is 13.2 Å². The largest absolute Gasteiger partial charge is 0.416 e. The smallest absolute Gasteiger partial charge is 0.383 e. The Morgan fingerprint density at radius 2 is 1.78 bits per heavy atom. The molecule has 186 valence electrons. The maximum atomic E-state index is 12.9. The van der Waals surface area contributed by atoms with Gasteiger partial charge < -0.3 is 16.0 Å². The number of anilines is 4. The second-order valence-corrected chi connectivity index (χ2v) is 8.76. The Balaban J connectivity index is 1.44. The molecule has 4 rings (SSSR count). The molecular weight excluding hydrogens is 465 g/mol. The Hall–Kier alpha value is -4.14. The van der Waals surface area contributed by atoms with Gasteiger partial charge in [-0.15, -0.1) is 0 Å². The van der Waals surface area contributed by atoms with E-state index in [0.717, 1.165) is 41.0 Å². The highest BCUT2D eigenvalue weighted by Gasteiger charge is 2.30. The van der Waals surface area contributed by atoms with Gasteiger partial charge in [0, 0.05) is 23.8 Å². The van der Waals surface area contributed by atoms with Gasteiger partial charge in [-0.1, -0.05) is 32.0 Å². The molecule has 0 bridgehead atoms. The fourth-order valence-corrected chi connectivity index (χ4v) is 3.55. The SMILES string of the molecule is Cc1nc(N/C=C/c2ccc(Nc3cccc(C(F)(F)F)c3)cn2)nc2c(NCC(C)C)cccc12. The Morgan fingerprint density at radius 1 is 0.972 bits per heavy atom. The van der Waals surface area contributed by atoms with Crippen LogP contribution < -0.4 is 16.0 Å². The lowest BCUT2D eigenvalue weighted by atomic mass is 10.1. The van der Waals surface area contributed by atoms with Gasteiger partial charge in [-0.2, -0.15) is 13.2 Å². The number of hydrogen-bond acceptors (Lipinski definition) is 6. The molecule has 0 radical (unpaired) electrons. The number of aromatic nitrogens is 3. The van der Waals surface area contributed by atoms with Gasteiger partial charge in [0.15, 0.2) is 0 Å². The summed E-state index contributed by atoms with van der Waals surface area (Å²) in [5.74, 6) is 0.973. The van der Waals surface area contributed by atoms with E-state index in [0.29, 0.717) is 28.9 Å². The Bertz CT molecular complexity index is 1360. The number of nitrogens with zero attached hydrogens (tertiary/aromatic N) is 3. The van der Waals surface area contributed by atoms with E-state index in [1.165, 1.54) is 6.07 Å². The first kappa shape index (κ1) is 25.0.